The first-order valence-corrected chi connectivity index (χ1v) is 6.38. The molecule has 0 saturated carbocycles. The first-order chi connectivity index (χ1) is 9.26. The maximum absolute atomic E-state index is 12.1. The zero-order valence-electron chi connectivity index (χ0n) is 12.2. The molecule has 0 fully saturated rings. The summed E-state index contributed by atoms with van der Waals surface area (Å²) < 4.78 is 5.25. The topological polar surface area (TPSA) is 79.7 Å². The number of carbonyl (C=O) groups excluding carboxylic acids is 1. The lowest BCUT2D eigenvalue weighted by molar-refractivity contribution is -0.143. The molecule has 0 spiro atoms. The van der Waals surface area contributed by atoms with Crippen LogP contribution in [0, 0.1) is 0 Å². The van der Waals surface area contributed by atoms with Crippen molar-refractivity contribution in [1.82, 2.24) is 9.88 Å². The highest BCUT2D eigenvalue weighted by molar-refractivity contribution is 5.81. The van der Waals surface area contributed by atoms with Crippen LogP contribution in [0.1, 0.15) is 39.3 Å². The zero-order valence-corrected chi connectivity index (χ0v) is 12.2. The van der Waals surface area contributed by atoms with Crippen LogP contribution in [0.5, 0.6) is 0 Å². The third kappa shape index (κ3) is 4.22. The van der Waals surface area contributed by atoms with Gasteiger partial charge in [0.05, 0.1) is 0 Å². The number of ether oxygens (including phenoxy) is 1. The molecule has 0 aliphatic heterocycles. The molecule has 1 amide bonds. The summed E-state index contributed by atoms with van der Waals surface area (Å²) in [5.41, 5.74) is -0.240. The van der Waals surface area contributed by atoms with Crippen LogP contribution in [0.2, 0.25) is 0 Å². The Bertz CT molecular complexity index is 468. The number of carbonyl (C=O) groups is 2. The van der Waals surface area contributed by atoms with Crippen LogP contribution in [0.25, 0.3) is 0 Å². The maximum Gasteiger partial charge on any atom is 0.411 e. The smallest absolute Gasteiger partial charge is 0.411 e. The third-order valence-corrected chi connectivity index (χ3v) is 2.51. The van der Waals surface area contributed by atoms with Crippen molar-refractivity contribution >= 4 is 12.1 Å². The number of amides is 1. The lowest BCUT2D eigenvalue weighted by Crippen LogP contribution is -2.42. The van der Waals surface area contributed by atoms with Crippen LogP contribution in [-0.4, -0.2) is 39.2 Å². The Morgan fingerprint density at radius 2 is 2.10 bits per heavy atom. The lowest BCUT2D eigenvalue weighted by Gasteiger charge is -2.30. The number of carboxylic acid groups (broad SMARTS) is 1. The molecule has 1 aromatic heterocycles. The van der Waals surface area contributed by atoms with Gasteiger partial charge in [-0.25, -0.2) is 9.59 Å². The molecule has 0 saturated heterocycles. The normalized spacial score (nSPS) is 12.6. The second-order valence-corrected chi connectivity index (χ2v) is 5.29. The average Bonchev–Trinajstić information content (AvgIpc) is 2.33. The number of rotatable bonds is 4. The minimum absolute atomic E-state index is 0.223. The number of aromatic nitrogens is 1. The third-order valence-electron chi connectivity index (χ3n) is 2.51. The van der Waals surface area contributed by atoms with Crippen molar-refractivity contribution in [2.24, 2.45) is 0 Å². The summed E-state index contributed by atoms with van der Waals surface area (Å²) in [5.74, 6) is -1.12. The number of likely N-dealkylation sites (N-methyl/N-ethyl adjacent to an activating group) is 1. The van der Waals surface area contributed by atoms with E-state index in [1.165, 1.54) is 11.1 Å². The van der Waals surface area contributed by atoms with E-state index in [1.807, 2.05) is 0 Å². The van der Waals surface area contributed by atoms with E-state index < -0.39 is 23.7 Å². The molecule has 0 aromatic carbocycles. The molecule has 1 heterocycles. The van der Waals surface area contributed by atoms with E-state index in [2.05, 4.69) is 4.98 Å². The molecule has 110 valence electrons. The van der Waals surface area contributed by atoms with Gasteiger partial charge in [0.25, 0.3) is 0 Å². The first-order valence-electron chi connectivity index (χ1n) is 6.38. The predicted molar refractivity (Wildman–Crippen MR) is 73.2 cm³/mol. The summed E-state index contributed by atoms with van der Waals surface area (Å²) in [6.45, 7) is 7.13. The van der Waals surface area contributed by atoms with Crippen LogP contribution < -0.4 is 0 Å². The minimum Gasteiger partial charge on any atom is -0.479 e. The van der Waals surface area contributed by atoms with Crippen molar-refractivity contribution in [2.75, 3.05) is 6.54 Å². The summed E-state index contributed by atoms with van der Waals surface area (Å²) in [4.78, 5) is 28.7. The van der Waals surface area contributed by atoms with Gasteiger partial charge in [0.2, 0.25) is 0 Å². The fraction of sp³-hybridized carbons (Fsp3) is 0.500. The average molecular weight is 280 g/mol. The van der Waals surface area contributed by atoms with Gasteiger partial charge in [-0.15, -0.1) is 0 Å². The van der Waals surface area contributed by atoms with Crippen molar-refractivity contribution in [1.29, 1.82) is 0 Å². The van der Waals surface area contributed by atoms with E-state index in [9.17, 15) is 14.7 Å². The highest BCUT2D eigenvalue weighted by Gasteiger charge is 2.33. The highest BCUT2D eigenvalue weighted by Crippen LogP contribution is 2.22. The summed E-state index contributed by atoms with van der Waals surface area (Å²) in [6.07, 6.45) is 2.33. The number of pyridine rings is 1. The molecule has 1 atom stereocenters. The number of hydrogen-bond acceptors (Lipinski definition) is 4. The van der Waals surface area contributed by atoms with Gasteiger partial charge in [0.15, 0.2) is 6.04 Å². The molecular weight excluding hydrogens is 260 g/mol. The number of hydrogen-bond donors (Lipinski definition) is 1. The van der Waals surface area contributed by atoms with Crippen molar-refractivity contribution < 1.29 is 19.4 Å². The fourth-order valence-corrected chi connectivity index (χ4v) is 1.73. The largest absolute Gasteiger partial charge is 0.479 e. The highest BCUT2D eigenvalue weighted by atomic mass is 16.6. The van der Waals surface area contributed by atoms with E-state index >= 15 is 0 Å². The SMILES string of the molecule is CCN(C(=O)OC(C)(C)C)C(C(=O)O)c1cccnc1. The lowest BCUT2D eigenvalue weighted by atomic mass is 10.1. The van der Waals surface area contributed by atoms with Gasteiger partial charge in [-0.05, 0) is 33.8 Å². The zero-order chi connectivity index (χ0) is 15.3. The van der Waals surface area contributed by atoms with Gasteiger partial charge in [-0.2, -0.15) is 0 Å². The molecule has 0 bridgehead atoms. The van der Waals surface area contributed by atoms with Gasteiger partial charge in [0, 0.05) is 24.5 Å². The van der Waals surface area contributed by atoms with E-state index in [0.717, 1.165) is 0 Å². The Balaban J connectivity index is 3.05. The van der Waals surface area contributed by atoms with Crippen molar-refractivity contribution in [3.05, 3.63) is 30.1 Å². The Labute approximate surface area is 118 Å². The minimum atomic E-state index is -1.12. The van der Waals surface area contributed by atoms with Crippen LogP contribution in [-0.2, 0) is 9.53 Å². The molecule has 0 radical (unpaired) electrons. The molecular formula is C14H20N2O4. The molecule has 1 rings (SSSR count). The standard InChI is InChI=1S/C14H20N2O4/c1-5-16(13(19)20-14(2,3)4)11(12(17)18)10-7-6-8-15-9-10/h6-9,11H,5H2,1-4H3,(H,17,18). The van der Waals surface area contributed by atoms with Crippen molar-refractivity contribution in [3.8, 4) is 0 Å². The van der Waals surface area contributed by atoms with Gasteiger partial charge in [0.1, 0.15) is 5.60 Å². The molecule has 1 N–H and O–H groups in total. The molecule has 0 aliphatic carbocycles. The first kappa shape index (κ1) is 15.9. The maximum atomic E-state index is 12.1. The Hall–Kier alpha value is -2.11. The van der Waals surface area contributed by atoms with Gasteiger partial charge >= 0.3 is 12.1 Å². The quantitative estimate of drug-likeness (QED) is 0.916. The second kappa shape index (κ2) is 6.36. The summed E-state index contributed by atoms with van der Waals surface area (Å²) >= 11 is 0. The number of aliphatic carboxylic acids is 1. The number of carboxylic acids is 1. The predicted octanol–water partition coefficient (Wildman–Crippen LogP) is 2.46. The second-order valence-electron chi connectivity index (χ2n) is 5.29. The molecule has 1 aromatic rings. The van der Waals surface area contributed by atoms with Crippen LogP contribution in [0.4, 0.5) is 4.79 Å². The van der Waals surface area contributed by atoms with Crippen molar-refractivity contribution in [2.45, 2.75) is 39.3 Å². The van der Waals surface area contributed by atoms with Crippen LogP contribution in [0.3, 0.4) is 0 Å². The van der Waals surface area contributed by atoms with E-state index in [-0.39, 0.29) is 6.54 Å². The van der Waals surface area contributed by atoms with E-state index in [1.54, 1.807) is 46.0 Å². The van der Waals surface area contributed by atoms with Gasteiger partial charge in [-0.3, -0.25) is 9.88 Å². The summed E-state index contributed by atoms with van der Waals surface area (Å²) in [6, 6.07) is 2.15. The Kier molecular flexibility index (Phi) is 5.07. The van der Waals surface area contributed by atoms with Crippen LogP contribution in [0.15, 0.2) is 24.5 Å². The van der Waals surface area contributed by atoms with Gasteiger partial charge in [-0.1, -0.05) is 6.07 Å². The fourth-order valence-electron chi connectivity index (χ4n) is 1.73. The monoisotopic (exact) mass is 280 g/mol. The summed E-state index contributed by atoms with van der Waals surface area (Å²) in [5, 5.41) is 9.40. The molecule has 1 unspecified atom stereocenters. The molecule has 6 nitrogen and oxygen atoms in total. The summed E-state index contributed by atoms with van der Waals surface area (Å²) in [7, 11) is 0. The Morgan fingerprint density at radius 3 is 2.50 bits per heavy atom. The van der Waals surface area contributed by atoms with Crippen LogP contribution >= 0.6 is 0 Å². The Morgan fingerprint density at radius 1 is 1.45 bits per heavy atom. The number of nitrogens with zero attached hydrogens (tertiary/aromatic N) is 2. The molecule has 6 heteroatoms. The van der Waals surface area contributed by atoms with E-state index in [0.29, 0.717) is 5.56 Å². The van der Waals surface area contributed by atoms with Crippen molar-refractivity contribution in [3.63, 3.8) is 0 Å². The molecule has 20 heavy (non-hydrogen) atoms. The van der Waals surface area contributed by atoms with E-state index in [4.69, 9.17) is 4.74 Å². The molecule has 0 aliphatic rings. The van der Waals surface area contributed by atoms with Gasteiger partial charge < -0.3 is 9.84 Å².